The van der Waals surface area contributed by atoms with E-state index in [0.717, 1.165) is 56.2 Å². The summed E-state index contributed by atoms with van der Waals surface area (Å²) in [7, 11) is 1.93. The van der Waals surface area contributed by atoms with E-state index in [4.69, 9.17) is 36.4 Å². The lowest BCUT2D eigenvalue weighted by molar-refractivity contribution is -0.149. The van der Waals surface area contributed by atoms with Gasteiger partial charge in [-0.15, -0.1) is 11.3 Å². The van der Waals surface area contributed by atoms with E-state index >= 15 is 0 Å². The monoisotopic (exact) mass is 811 g/mol. The largest absolute Gasteiger partial charge is 0.465 e. The molecular formula is C41H47N6O6S2Si. The van der Waals surface area contributed by atoms with Gasteiger partial charge in [0.05, 0.1) is 52.5 Å². The van der Waals surface area contributed by atoms with Gasteiger partial charge in [-0.2, -0.15) is 0 Å². The predicted molar refractivity (Wildman–Crippen MR) is 220 cm³/mol. The Kier molecular flexibility index (Phi) is 10.6. The molecule has 0 aliphatic carbocycles. The van der Waals surface area contributed by atoms with Gasteiger partial charge in [-0.3, -0.25) is 29.8 Å². The van der Waals surface area contributed by atoms with E-state index in [-0.39, 0.29) is 38.6 Å². The van der Waals surface area contributed by atoms with Gasteiger partial charge in [0.15, 0.2) is 0 Å². The van der Waals surface area contributed by atoms with Gasteiger partial charge in [-0.1, -0.05) is 37.8 Å². The summed E-state index contributed by atoms with van der Waals surface area (Å²) < 4.78 is 19.7. The van der Waals surface area contributed by atoms with Gasteiger partial charge in [-0.25, -0.2) is 4.98 Å². The second-order valence-corrected chi connectivity index (χ2v) is 18.5. The van der Waals surface area contributed by atoms with Crippen LogP contribution in [0.1, 0.15) is 69.3 Å². The topological polar surface area (TPSA) is 137 Å². The maximum Gasteiger partial charge on any atom is 0.315 e. The van der Waals surface area contributed by atoms with Crippen LogP contribution in [0, 0.1) is 16.7 Å². The molecule has 8 rings (SSSR count). The molecule has 4 aliphatic rings. The van der Waals surface area contributed by atoms with Crippen LogP contribution in [-0.4, -0.2) is 95.8 Å². The molecule has 56 heavy (non-hydrogen) atoms. The Morgan fingerprint density at radius 3 is 2.77 bits per heavy atom. The highest BCUT2D eigenvalue weighted by Gasteiger charge is 2.52. The number of carbonyl (C=O) groups excluding carboxylic acids is 3. The first-order valence-electron chi connectivity index (χ1n) is 19.3. The van der Waals surface area contributed by atoms with Gasteiger partial charge in [0.1, 0.15) is 17.0 Å². The SMILES string of the molecule is CCn1c(-c2cccnc2[C@H](C)OC)c2c3cc(ccc31)-c1csc(n1)CC1(C=[Si]C1NC(=O)[C@H]1CCO1)C(=O)N1CCC[C@@H](C(=O)OCC(C)(C)C2)C(=S)N1. The normalized spacial score (nSPS) is 25.4. The number of ether oxygens (including phenoxy) is 3. The van der Waals surface area contributed by atoms with Crippen LogP contribution >= 0.6 is 23.6 Å². The predicted octanol–water partition coefficient (Wildman–Crippen LogP) is 5.03. The van der Waals surface area contributed by atoms with Gasteiger partial charge in [0.25, 0.3) is 5.91 Å². The molecule has 3 aromatic heterocycles. The molecule has 15 heteroatoms. The molecule has 0 saturated carbocycles. The highest BCUT2D eigenvalue weighted by atomic mass is 32.1. The number of nitrogens with one attached hydrogen (secondary N) is 2. The Morgan fingerprint density at radius 2 is 2.05 bits per heavy atom. The molecular weight excluding hydrogens is 765 g/mol. The zero-order valence-corrected chi connectivity index (χ0v) is 35.0. The fourth-order valence-electron chi connectivity index (χ4n) is 8.23. The second-order valence-electron chi connectivity index (χ2n) is 15.9. The van der Waals surface area contributed by atoms with Gasteiger partial charge < -0.3 is 24.1 Å². The van der Waals surface area contributed by atoms with Crippen molar-refractivity contribution < 1.29 is 28.6 Å². The number of hydrazine groups is 1. The Labute approximate surface area is 338 Å². The lowest BCUT2D eigenvalue weighted by Gasteiger charge is -2.45. The molecule has 2 fully saturated rings. The van der Waals surface area contributed by atoms with Crippen LogP contribution in [-0.2, 0) is 48.0 Å². The summed E-state index contributed by atoms with van der Waals surface area (Å²) in [4.78, 5) is 51.9. The van der Waals surface area contributed by atoms with E-state index in [2.05, 4.69) is 60.3 Å². The van der Waals surface area contributed by atoms with Crippen LogP contribution in [0.4, 0.5) is 0 Å². The summed E-state index contributed by atoms with van der Waals surface area (Å²) >= 11 is 7.32. The maximum absolute atomic E-state index is 14.7. The molecule has 2 amide bonds. The minimum absolute atomic E-state index is 0.167. The van der Waals surface area contributed by atoms with Crippen LogP contribution in [0.15, 0.2) is 41.9 Å². The fraction of sp³-hybridized carbons (Fsp3) is 0.488. The molecule has 4 aliphatic heterocycles. The van der Waals surface area contributed by atoms with Gasteiger partial charge >= 0.3 is 5.97 Å². The third kappa shape index (κ3) is 6.95. The molecule has 293 valence electrons. The molecule has 4 aromatic rings. The molecule has 2 unspecified atom stereocenters. The van der Waals surface area contributed by atoms with E-state index in [1.165, 1.54) is 16.3 Å². The van der Waals surface area contributed by atoms with E-state index in [1.54, 1.807) is 13.3 Å². The number of rotatable bonds is 6. The molecule has 7 heterocycles. The highest BCUT2D eigenvalue weighted by Crippen LogP contribution is 2.42. The third-order valence-corrected chi connectivity index (χ3v) is 14.4. The zero-order valence-electron chi connectivity index (χ0n) is 32.3. The number of methoxy groups -OCH3 is 1. The number of nitrogens with zero attached hydrogens (tertiary/aromatic N) is 4. The van der Waals surface area contributed by atoms with E-state index in [9.17, 15) is 14.4 Å². The summed E-state index contributed by atoms with van der Waals surface area (Å²) in [5.74, 6) is -1.52. The van der Waals surface area contributed by atoms with Crippen molar-refractivity contribution in [2.75, 3.05) is 26.9 Å². The van der Waals surface area contributed by atoms with Crippen molar-refractivity contribution >= 4 is 72.0 Å². The molecule has 1 aromatic carbocycles. The van der Waals surface area contributed by atoms with Crippen molar-refractivity contribution in [3.63, 3.8) is 0 Å². The standard InChI is InChI=1S/C41H47N6O6S2Si/c1-6-46-30-12-11-24-17-27(30)28(34(46)25-9-7-14-42-33(25)23(2)51-5)18-40(3,4)21-53-37(49)26-10-8-15-47(45-36(26)54)39(50)41(19-32-43-29(24)20-55-32)22-56-38(41)44-35(48)31-13-16-52-31/h7,9,11-12,14,17,20,22-23,26,31,38H,6,8,10,13,15-16,18-19,21H2,1-5H3,(H,44,48)(H,45,54)/t23-,26+,31+,38?,41?/m0/s1. The highest BCUT2D eigenvalue weighted by molar-refractivity contribution is 7.80. The number of cyclic esters (lactones) is 1. The number of carbonyl (C=O) groups is 3. The second kappa shape index (κ2) is 15.3. The number of pyridine rings is 1. The molecule has 2 saturated heterocycles. The number of aryl methyl sites for hydroxylation is 1. The lowest BCUT2D eigenvalue weighted by Crippen LogP contribution is -2.68. The number of benzene rings is 1. The zero-order chi connectivity index (χ0) is 39.4. The minimum Gasteiger partial charge on any atom is -0.465 e. The van der Waals surface area contributed by atoms with Gasteiger partial charge in [-0.05, 0) is 62.9 Å². The first-order chi connectivity index (χ1) is 26.9. The molecule has 5 atom stereocenters. The number of aromatic nitrogens is 3. The number of thiazole rings is 1. The molecule has 6 bridgehead atoms. The van der Waals surface area contributed by atoms with Crippen molar-refractivity contribution in [2.24, 2.45) is 16.7 Å². The van der Waals surface area contributed by atoms with Crippen molar-refractivity contribution in [1.29, 1.82) is 0 Å². The third-order valence-electron chi connectivity index (χ3n) is 11.5. The number of hydrogen-bond donors (Lipinski definition) is 2. The van der Waals surface area contributed by atoms with Crippen molar-refractivity contribution in [3.05, 3.63) is 58.2 Å². The Hall–Kier alpha value is -4.15. The Morgan fingerprint density at radius 1 is 1.23 bits per heavy atom. The maximum atomic E-state index is 14.7. The van der Waals surface area contributed by atoms with Crippen LogP contribution in [0.3, 0.4) is 0 Å². The quantitative estimate of drug-likeness (QED) is 0.155. The van der Waals surface area contributed by atoms with Gasteiger partial charge in [0.2, 0.25) is 5.91 Å². The summed E-state index contributed by atoms with van der Waals surface area (Å²) in [6.45, 7) is 10.2. The first-order valence-corrected chi connectivity index (χ1v) is 21.8. The average Bonchev–Trinajstić information content (AvgIpc) is 3.69. The fourth-order valence-corrected chi connectivity index (χ4v) is 10.9. The smallest absolute Gasteiger partial charge is 0.315 e. The van der Waals surface area contributed by atoms with Crippen LogP contribution < -0.4 is 10.7 Å². The summed E-state index contributed by atoms with van der Waals surface area (Å²) in [6.07, 6.45) is 3.62. The number of hydrogen-bond acceptors (Lipinski definition) is 10. The average molecular weight is 812 g/mol. The summed E-state index contributed by atoms with van der Waals surface area (Å²) in [6, 6.07) is 10.5. The molecule has 1 spiro atoms. The van der Waals surface area contributed by atoms with Crippen molar-refractivity contribution in [2.45, 2.75) is 84.2 Å². The van der Waals surface area contributed by atoms with Crippen LogP contribution in [0.25, 0.3) is 33.4 Å². The van der Waals surface area contributed by atoms with E-state index in [1.807, 2.05) is 24.0 Å². The number of fused-ring (bicyclic) bond motifs is 7. The Bertz CT molecular complexity index is 2250. The van der Waals surface area contributed by atoms with E-state index in [0.29, 0.717) is 45.3 Å². The van der Waals surface area contributed by atoms with Gasteiger partial charge in [0, 0.05) is 81.2 Å². The molecule has 1 radical (unpaired) electrons. The summed E-state index contributed by atoms with van der Waals surface area (Å²) in [5, 5.41) is 8.59. The van der Waals surface area contributed by atoms with Crippen LogP contribution in [0.5, 0.6) is 0 Å². The number of thiocarbonyl (C=S) groups is 1. The first kappa shape index (κ1) is 38.7. The van der Waals surface area contributed by atoms with Crippen molar-refractivity contribution in [1.82, 2.24) is 30.3 Å². The summed E-state index contributed by atoms with van der Waals surface area (Å²) in [5.41, 5.74) is 10.1. The molecule has 2 N–H and O–H groups in total. The lowest BCUT2D eigenvalue weighted by atomic mass is 9.83. The van der Waals surface area contributed by atoms with Crippen LogP contribution in [0.2, 0.25) is 0 Å². The number of esters is 1. The number of amides is 2. The van der Waals surface area contributed by atoms with E-state index < -0.39 is 34.5 Å². The Balaban J connectivity index is 1.26. The molecule has 12 nitrogen and oxygen atoms in total. The minimum atomic E-state index is -1.06. The van der Waals surface area contributed by atoms with Crippen molar-refractivity contribution in [3.8, 4) is 22.5 Å².